The first-order valence-corrected chi connectivity index (χ1v) is 9.00. The highest BCUT2D eigenvalue weighted by Crippen LogP contribution is 2.37. The number of ether oxygens (including phenoxy) is 2. The molecule has 0 aliphatic rings. The van der Waals surface area contributed by atoms with E-state index in [1.807, 2.05) is 31.2 Å². The molecule has 0 unspecified atom stereocenters. The van der Waals surface area contributed by atoms with Crippen molar-refractivity contribution in [3.05, 3.63) is 50.0 Å². The molecule has 0 aliphatic heterocycles. The Kier molecular flexibility index (Phi) is 6.71. The van der Waals surface area contributed by atoms with Crippen LogP contribution < -0.4 is 14.8 Å². The van der Waals surface area contributed by atoms with E-state index in [1.165, 1.54) is 0 Å². The van der Waals surface area contributed by atoms with Gasteiger partial charge in [-0.1, -0.05) is 19.1 Å². The number of amides is 1. The summed E-state index contributed by atoms with van der Waals surface area (Å²) < 4.78 is 12.7. The zero-order valence-electron chi connectivity index (χ0n) is 12.9. The quantitative estimate of drug-likeness (QED) is 0.574. The summed E-state index contributed by atoms with van der Waals surface area (Å²) in [5.41, 5.74) is 1.27. The van der Waals surface area contributed by atoms with Crippen LogP contribution in [0.15, 0.2) is 40.9 Å². The molecule has 0 fully saturated rings. The second-order valence-electron chi connectivity index (χ2n) is 4.77. The highest BCUT2D eigenvalue weighted by molar-refractivity contribution is 14.1. The van der Waals surface area contributed by atoms with Crippen molar-refractivity contribution in [3.8, 4) is 11.5 Å². The number of carbonyl (C=O) groups excluding carboxylic acids is 1. The highest BCUT2D eigenvalue weighted by atomic mass is 127. The minimum atomic E-state index is -0.199. The monoisotopic (exact) mass is 489 g/mol. The normalized spacial score (nSPS) is 10.3. The molecule has 2 rings (SSSR count). The number of benzene rings is 2. The van der Waals surface area contributed by atoms with Crippen molar-refractivity contribution in [3.63, 3.8) is 0 Å². The molecule has 0 radical (unpaired) electrons. The summed E-state index contributed by atoms with van der Waals surface area (Å²) >= 11 is 5.64. The lowest BCUT2D eigenvalue weighted by molar-refractivity contribution is 0.102. The van der Waals surface area contributed by atoms with E-state index in [9.17, 15) is 4.79 Å². The van der Waals surface area contributed by atoms with Gasteiger partial charge in [-0.05, 0) is 69.2 Å². The molecule has 4 nitrogen and oxygen atoms in total. The van der Waals surface area contributed by atoms with E-state index in [2.05, 4.69) is 43.8 Å². The Morgan fingerprint density at radius 2 is 2.04 bits per heavy atom. The van der Waals surface area contributed by atoms with Gasteiger partial charge in [0.05, 0.1) is 23.9 Å². The molecular formula is C17H17BrINO3. The van der Waals surface area contributed by atoms with E-state index in [0.717, 1.165) is 15.7 Å². The fourth-order valence-corrected chi connectivity index (χ4v) is 3.03. The van der Waals surface area contributed by atoms with Gasteiger partial charge in [0, 0.05) is 9.13 Å². The Bertz CT molecular complexity index is 706. The predicted molar refractivity (Wildman–Crippen MR) is 104 cm³/mol. The van der Waals surface area contributed by atoms with Crippen molar-refractivity contribution >= 4 is 50.1 Å². The highest BCUT2D eigenvalue weighted by Gasteiger charge is 2.16. The van der Waals surface area contributed by atoms with Crippen LogP contribution in [-0.2, 0) is 0 Å². The van der Waals surface area contributed by atoms with Crippen molar-refractivity contribution < 1.29 is 14.3 Å². The van der Waals surface area contributed by atoms with Crippen LogP contribution in [0, 0.1) is 3.57 Å². The maximum atomic E-state index is 12.5. The molecule has 0 saturated heterocycles. The second-order valence-corrected chi connectivity index (χ2v) is 6.79. The molecule has 1 amide bonds. The summed E-state index contributed by atoms with van der Waals surface area (Å²) in [6.45, 7) is 2.62. The van der Waals surface area contributed by atoms with Crippen LogP contribution >= 0.6 is 38.5 Å². The fourth-order valence-electron chi connectivity index (χ4n) is 1.95. The molecule has 6 heteroatoms. The molecule has 0 saturated carbocycles. The van der Waals surface area contributed by atoms with Crippen LogP contribution in [-0.4, -0.2) is 19.6 Å². The van der Waals surface area contributed by atoms with Crippen LogP contribution in [0.2, 0.25) is 0 Å². The SMILES string of the molecule is CCCOc1c(Br)cc(C(=O)Nc2ccccc2I)cc1OC. The number of rotatable bonds is 6. The summed E-state index contributed by atoms with van der Waals surface area (Å²) in [6, 6.07) is 11.0. The van der Waals surface area contributed by atoms with Crippen molar-refractivity contribution in [1.82, 2.24) is 0 Å². The third-order valence-electron chi connectivity index (χ3n) is 3.06. The Balaban J connectivity index is 2.27. The van der Waals surface area contributed by atoms with Crippen molar-refractivity contribution in [2.45, 2.75) is 13.3 Å². The number of hydrogen-bond acceptors (Lipinski definition) is 3. The average Bonchev–Trinajstić information content (AvgIpc) is 2.55. The number of carbonyl (C=O) groups is 1. The number of halogens is 2. The lowest BCUT2D eigenvalue weighted by Gasteiger charge is -2.14. The van der Waals surface area contributed by atoms with Gasteiger partial charge in [0.25, 0.3) is 5.91 Å². The van der Waals surface area contributed by atoms with Gasteiger partial charge in [0.2, 0.25) is 0 Å². The Labute approximate surface area is 157 Å². The third kappa shape index (κ3) is 4.60. The first kappa shape index (κ1) is 18.1. The van der Waals surface area contributed by atoms with E-state index in [0.29, 0.717) is 28.1 Å². The largest absolute Gasteiger partial charge is 0.493 e. The Hall–Kier alpha value is -1.28. The Morgan fingerprint density at radius 3 is 2.70 bits per heavy atom. The molecule has 0 bridgehead atoms. The lowest BCUT2D eigenvalue weighted by atomic mass is 10.1. The molecule has 0 heterocycles. The van der Waals surface area contributed by atoms with Crippen molar-refractivity contribution in [1.29, 1.82) is 0 Å². The van der Waals surface area contributed by atoms with E-state index < -0.39 is 0 Å². The number of nitrogens with one attached hydrogen (secondary N) is 1. The smallest absolute Gasteiger partial charge is 0.255 e. The second kappa shape index (κ2) is 8.54. The number of hydrogen-bond donors (Lipinski definition) is 1. The summed E-state index contributed by atoms with van der Waals surface area (Å²) in [6.07, 6.45) is 0.893. The van der Waals surface area contributed by atoms with Crippen LogP contribution in [0.3, 0.4) is 0 Å². The van der Waals surface area contributed by atoms with E-state index in [4.69, 9.17) is 9.47 Å². The number of anilines is 1. The van der Waals surface area contributed by atoms with Gasteiger partial charge in [0.1, 0.15) is 0 Å². The molecule has 122 valence electrons. The van der Waals surface area contributed by atoms with Crippen molar-refractivity contribution in [2.24, 2.45) is 0 Å². The summed E-state index contributed by atoms with van der Waals surface area (Å²) in [7, 11) is 1.56. The molecule has 0 aromatic heterocycles. The average molecular weight is 490 g/mol. The van der Waals surface area contributed by atoms with Crippen LogP contribution in [0.1, 0.15) is 23.7 Å². The predicted octanol–water partition coefficient (Wildman–Crippen LogP) is 5.10. The van der Waals surface area contributed by atoms with E-state index in [1.54, 1.807) is 19.2 Å². The van der Waals surface area contributed by atoms with E-state index >= 15 is 0 Å². The molecule has 0 spiro atoms. The van der Waals surface area contributed by atoms with Crippen LogP contribution in [0.5, 0.6) is 11.5 Å². The summed E-state index contributed by atoms with van der Waals surface area (Å²) in [5, 5.41) is 2.90. The van der Waals surface area contributed by atoms with Crippen LogP contribution in [0.25, 0.3) is 0 Å². The topological polar surface area (TPSA) is 47.6 Å². The maximum absolute atomic E-state index is 12.5. The molecule has 2 aromatic rings. The third-order valence-corrected chi connectivity index (χ3v) is 4.59. The standard InChI is InChI=1S/C17H17BrINO3/c1-3-8-23-16-12(18)9-11(10-15(16)22-2)17(21)20-14-7-5-4-6-13(14)19/h4-7,9-10H,3,8H2,1-2H3,(H,20,21). The van der Waals surface area contributed by atoms with Gasteiger partial charge in [-0.15, -0.1) is 0 Å². The van der Waals surface area contributed by atoms with Gasteiger partial charge in [-0.2, -0.15) is 0 Å². The number of para-hydroxylation sites is 1. The molecule has 0 aliphatic carbocycles. The molecule has 1 N–H and O–H groups in total. The zero-order chi connectivity index (χ0) is 16.8. The van der Waals surface area contributed by atoms with E-state index in [-0.39, 0.29) is 5.91 Å². The van der Waals surface area contributed by atoms with Crippen LogP contribution in [0.4, 0.5) is 5.69 Å². The maximum Gasteiger partial charge on any atom is 0.255 e. The molecular weight excluding hydrogens is 473 g/mol. The summed E-state index contributed by atoms with van der Waals surface area (Å²) in [4.78, 5) is 12.5. The first-order chi connectivity index (χ1) is 11.1. The minimum Gasteiger partial charge on any atom is -0.493 e. The van der Waals surface area contributed by atoms with Gasteiger partial charge in [-0.3, -0.25) is 4.79 Å². The van der Waals surface area contributed by atoms with Crippen molar-refractivity contribution in [2.75, 3.05) is 19.0 Å². The van der Waals surface area contributed by atoms with Gasteiger partial charge in [0.15, 0.2) is 11.5 Å². The minimum absolute atomic E-state index is 0.199. The molecule has 2 aromatic carbocycles. The Morgan fingerprint density at radius 1 is 1.30 bits per heavy atom. The number of methoxy groups -OCH3 is 1. The lowest BCUT2D eigenvalue weighted by Crippen LogP contribution is -2.13. The molecule has 0 atom stereocenters. The summed E-state index contributed by atoms with van der Waals surface area (Å²) in [5.74, 6) is 0.941. The van der Waals surface area contributed by atoms with Gasteiger partial charge >= 0.3 is 0 Å². The fraction of sp³-hybridized carbons (Fsp3) is 0.235. The van der Waals surface area contributed by atoms with Gasteiger partial charge in [-0.25, -0.2) is 0 Å². The van der Waals surface area contributed by atoms with Gasteiger partial charge < -0.3 is 14.8 Å². The zero-order valence-corrected chi connectivity index (χ0v) is 16.6. The molecule has 23 heavy (non-hydrogen) atoms. The first-order valence-electron chi connectivity index (χ1n) is 7.13.